The van der Waals surface area contributed by atoms with Crippen molar-refractivity contribution in [3.63, 3.8) is 0 Å². The molecule has 1 aromatic heterocycles. The predicted molar refractivity (Wildman–Crippen MR) is 85.9 cm³/mol. The van der Waals surface area contributed by atoms with E-state index in [0.29, 0.717) is 24.3 Å². The second-order valence-corrected chi connectivity index (χ2v) is 8.15. The number of aromatic nitrogens is 2. The van der Waals surface area contributed by atoms with Crippen molar-refractivity contribution in [2.24, 2.45) is 5.14 Å². The van der Waals surface area contributed by atoms with Gasteiger partial charge in [-0.25, -0.2) is 13.6 Å². The van der Waals surface area contributed by atoms with Crippen LogP contribution in [0.3, 0.4) is 0 Å². The minimum atomic E-state index is -3.74. The Kier molecular flexibility index (Phi) is 5.51. The van der Waals surface area contributed by atoms with Gasteiger partial charge < -0.3 is 4.90 Å². The van der Waals surface area contributed by atoms with Gasteiger partial charge in [0.2, 0.25) is 15.9 Å². The number of nitrogens with two attached hydrogens (primary N) is 1. The molecule has 1 fully saturated rings. The molecule has 9 heteroatoms. The Bertz CT molecular complexity index is 629. The molecule has 0 spiro atoms. The number of carbonyl (C=O) groups excluding carboxylic acids is 1. The highest BCUT2D eigenvalue weighted by Gasteiger charge is 2.31. The summed E-state index contributed by atoms with van der Waals surface area (Å²) in [6.45, 7) is 0.343. The number of thioether (sulfide) groups is 1. The highest BCUT2D eigenvalue weighted by atomic mass is 32.2. The van der Waals surface area contributed by atoms with Gasteiger partial charge in [-0.15, -0.1) is 0 Å². The van der Waals surface area contributed by atoms with Crippen molar-refractivity contribution in [3.8, 4) is 0 Å². The Hall–Kier alpha value is -1.06. The van der Waals surface area contributed by atoms with Gasteiger partial charge in [0.1, 0.15) is 4.90 Å². The molecule has 2 N–H and O–H groups in total. The molecule has 0 aliphatic heterocycles. The maximum atomic E-state index is 12.3. The van der Waals surface area contributed by atoms with Gasteiger partial charge >= 0.3 is 0 Å². The van der Waals surface area contributed by atoms with E-state index in [1.54, 1.807) is 0 Å². The Balaban J connectivity index is 1.91. The number of aryl methyl sites for hydroxylation is 1. The molecule has 1 aliphatic rings. The maximum absolute atomic E-state index is 12.3. The number of rotatable bonds is 6. The van der Waals surface area contributed by atoms with E-state index in [0.717, 1.165) is 19.3 Å². The Labute approximate surface area is 135 Å². The molecule has 0 saturated heterocycles. The van der Waals surface area contributed by atoms with Crippen molar-refractivity contribution in [1.82, 2.24) is 14.7 Å². The van der Waals surface area contributed by atoms with Crippen molar-refractivity contribution >= 4 is 27.7 Å². The quantitative estimate of drug-likeness (QED) is 0.816. The molecule has 1 heterocycles. The molecule has 124 valence electrons. The van der Waals surface area contributed by atoms with Gasteiger partial charge in [-0.1, -0.05) is 6.42 Å². The van der Waals surface area contributed by atoms with Crippen molar-refractivity contribution in [2.75, 3.05) is 13.3 Å². The van der Waals surface area contributed by atoms with Gasteiger partial charge in [-0.3, -0.25) is 9.48 Å². The summed E-state index contributed by atoms with van der Waals surface area (Å²) < 4.78 is 23.8. The third-order valence-corrected chi connectivity index (χ3v) is 6.13. The lowest BCUT2D eigenvalue weighted by molar-refractivity contribution is -0.132. The lowest BCUT2D eigenvalue weighted by Crippen LogP contribution is -2.40. The second-order valence-electron chi connectivity index (χ2n) is 5.51. The molecule has 2 unspecified atom stereocenters. The van der Waals surface area contributed by atoms with Gasteiger partial charge in [0, 0.05) is 37.5 Å². The van der Waals surface area contributed by atoms with Crippen LogP contribution in [0.25, 0.3) is 0 Å². The summed E-state index contributed by atoms with van der Waals surface area (Å²) in [5.74, 6) is 0.0543. The van der Waals surface area contributed by atoms with E-state index in [2.05, 4.69) is 11.4 Å². The molecule has 0 bridgehead atoms. The SMILES string of the molecule is CSC1CCCC1N(C)C(=O)CCn1cc(S(N)(=O)=O)cn1. The molecule has 2 rings (SSSR count). The van der Waals surface area contributed by atoms with Crippen molar-refractivity contribution in [1.29, 1.82) is 0 Å². The van der Waals surface area contributed by atoms with E-state index in [1.165, 1.54) is 17.1 Å². The largest absolute Gasteiger partial charge is 0.342 e. The normalized spacial score (nSPS) is 22.0. The van der Waals surface area contributed by atoms with Crippen LogP contribution in [0.5, 0.6) is 0 Å². The van der Waals surface area contributed by atoms with Crippen LogP contribution < -0.4 is 5.14 Å². The molecule has 1 saturated carbocycles. The summed E-state index contributed by atoms with van der Waals surface area (Å²) in [4.78, 5) is 14.1. The fourth-order valence-electron chi connectivity index (χ4n) is 2.81. The number of sulfonamides is 1. The summed E-state index contributed by atoms with van der Waals surface area (Å²) in [6.07, 6.45) is 8.28. The number of nitrogens with zero attached hydrogens (tertiary/aromatic N) is 3. The Morgan fingerprint density at radius 1 is 1.55 bits per heavy atom. The summed E-state index contributed by atoms with van der Waals surface area (Å²) in [5.41, 5.74) is 0. The molecule has 2 atom stereocenters. The monoisotopic (exact) mass is 346 g/mol. The molecule has 22 heavy (non-hydrogen) atoms. The van der Waals surface area contributed by atoms with Crippen LogP contribution >= 0.6 is 11.8 Å². The van der Waals surface area contributed by atoms with Gasteiger partial charge in [0.15, 0.2) is 0 Å². The molecule has 1 aliphatic carbocycles. The number of hydrogen-bond acceptors (Lipinski definition) is 5. The van der Waals surface area contributed by atoms with E-state index < -0.39 is 10.0 Å². The van der Waals surface area contributed by atoms with Gasteiger partial charge in [0.05, 0.1) is 6.20 Å². The molecular formula is C13H22N4O3S2. The zero-order chi connectivity index (χ0) is 16.3. The van der Waals surface area contributed by atoms with Crippen LogP contribution in [0.15, 0.2) is 17.3 Å². The number of amides is 1. The van der Waals surface area contributed by atoms with E-state index in [1.807, 2.05) is 23.7 Å². The molecule has 0 radical (unpaired) electrons. The van der Waals surface area contributed by atoms with Crippen LogP contribution in [0.1, 0.15) is 25.7 Å². The number of primary sulfonamides is 1. The first-order valence-corrected chi connectivity index (χ1v) is 10.00. The van der Waals surface area contributed by atoms with Crippen LogP contribution in [0.2, 0.25) is 0 Å². The first-order chi connectivity index (χ1) is 10.3. The van der Waals surface area contributed by atoms with Crippen molar-refractivity contribution in [2.45, 2.75) is 48.4 Å². The zero-order valence-electron chi connectivity index (χ0n) is 12.8. The summed E-state index contributed by atoms with van der Waals surface area (Å²) in [7, 11) is -1.89. The topological polar surface area (TPSA) is 98.3 Å². The number of hydrogen-bond donors (Lipinski definition) is 1. The third kappa shape index (κ3) is 4.02. The molecule has 7 nitrogen and oxygen atoms in total. The molecule has 1 aromatic rings. The van der Waals surface area contributed by atoms with Gasteiger partial charge in [-0.2, -0.15) is 16.9 Å². The van der Waals surface area contributed by atoms with E-state index in [9.17, 15) is 13.2 Å². The highest BCUT2D eigenvalue weighted by Crippen LogP contribution is 2.31. The van der Waals surface area contributed by atoms with Crippen molar-refractivity contribution in [3.05, 3.63) is 12.4 Å². The highest BCUT2D eigenvalue weighted by molar-refractivity contribution is 7.99. The van der Waals surface area contributed by atoms with Gasteiger partial charge in [-0.05, 0) is 19.1 Å². The van der Waals surface area contributed by atoms with Crippen LogP contribution in [0.4, 0.5) is 0 Å². The first-order valence-electron chi connectivity index (χ1n) is 7.16. The summed E-state index contributed by atoms with van der Waals surface area (Å²) >= 11 is 1.81. The predicted octanol–water partition coefficient (Wildman–Crippen LogP) is 0.663. The minimum absolute atomic E-state index is 0.0356. The Morgan fingerprint density at radius 3 is 2.86 bits per heavy atom. The smallest absolute Gasteiger partial charge is 0.241 e. The fraction of sp³-hybridized carbons (Fsp3) is 0.692. The van der Waals surface area contributed by atoms with Crippen molar-refractivity contribution < 1.29 is 13.2 Å². The van der Waals surface area contributed by atoms with E-state index >= 15 is 0 Å². The molecular weight excluding hydrogens is 324 g/mol. The molecule has 1 amide bonds. The average molecular weight is 346 g/mol. The molecule has 0 aromatic carbocycles. The lowest BCUT2D eigenvalue weighted by atomic mass is 10.2. The second kappa shape index (κ2) is 7.01. The van der Waals surface area contributed by atoms with E-state index in [-0.39, 0.29) is 10.8 Å². The van der Waals surface area contributed by atoms with Crippen LogP contribution in [0, 0.1) is 0 Å². The maximum Gasteiger partial charge on any atom is 0.241 e. The van der Waals surface area contributed by atoms with Gasteiger partial charge in [0.25, 0.3) is 0 Å². The number of carbonyl (C=O) groups is 1. The summed E-state index contributed by atoms with van der Waals surface area (Å²) in [6, 6.07) is 0.292. The average Bonchev–Trinajstić information content (AvgIpc) is 3.11. The standard InChI is InChI=1S/C13H22N4O3S2/c1-16(11-4-3-5-12(11)21-2)13(18)6-7-17-9-10(8-15-17)22(14,19)20/h8-9,11-12H,3-7H2,1-2H3,(H2,14,19,20). The third-order valence-electron chi connectivity index (χ3n) is 4.10. The summed E-state index contributed by atoms with van der Waals surface area (Å²) in [5, 5.41) is 9.46. The fourth-order valence-corrected chi connectivity index (χ4v) is 4.31. The lowest BCUT2D eigenvalue weighted by Gasteiger charge is -2.29. The van der Waals surface area contributed by atoms with E-state index in [4.69, 9.17) is 5.14 Å². The van der Waals surface area contributed by atoms with Crippen LogP contribution in [-0.4, -0.2) is 53.6 Å². The Morgan fingerprint density at radius 2 is 2.27 bits per heavy atom. The van der Waals surface area contributed by atoms with Crippen LogP contribution in [-0.2, 0) is 21.4 Å². The minimum Gasteiger partial charge on any atom is -0.342 e. The zero-order valence-corrected chi connectivity index (χ0v) is 14.4. The first kappa shape index (κ1) is 17.3.